The van der Waals surface area contributed by atoms with Crippen LogP contribution in [0.5, 0.6) is 0 Å². The maximum atomic E-state index is 13.3. The number of hydrogen-bond donors (Lipinski definition) is 1. The van der Waals surface area contributed by atoms with Crippen molar-refractivity contribution in [3.05, 3.63) is 88.7 Å². The third-order valence-corrected chi connectivity index (χ3v) is 6.64. The predicted octanol–water partition coefficient (Wildman–Crippen LogP) is 3.70. The Balaban J connectivity index is 1.88. The van der Waals surface area contributed by atoms with E-state index in [0.29, 0.717) is 5.02 Å². The number of hydrazone groups is 1. The standard InChI is InChI=1S/C22H21ClN4O3S/c1-16-3-7-20(8-4-16)31(29,30)27(19-6-5-17(2)21(23)13-19)15-22(28)26-25-14-18-9-11-24-12-10-18/h3-14H,15H2,1-2H3,(H,26,28)/b25-14-. The molecule has 0 atom stereocenters. The maximum absolute atomic E-state index is 13.3. The van der Waals surface area contributed by atoms with Crippen LogP contribution in [0.1, 0.15) is 16.7 Å². The fourth-order valence-corrected chi connectivity index (χ4v) is 4.27. The van der Waals surface area contributed by atoms with Gasteiger partial charge in [0.1, 0.15) is 6.54 Å². The zero-order valence-electron chi connectivity index (χ0n) is 17.0. The Kier molecular flexibility index (Phi) is 7.04. The van der Waals surface area contributed by atoms with Crippen molar-refractivity contribution in [3.63, 3.8) is 0 Å². The van der Waals surface area contributed by atoms with Crippen LogP contribution >= 0.6 is 11.6 Å². The molecule has 0 aliphatic carbocycles. The number of anilines is 1. The van der Waals surface area contributed by atoms with Gasteiger partial charge < -0.3 is 0 Å². The molecular weight excluding hydrogens is 436 g/mol. The molecule has 9 heteroatoms. The minimum Gasteiger partial charge on any atom is -0.271 e. The van der Waals surface area contributed by atoms with Crippen LogP contribution in [0, 0.1) is 13.8 Å². The summed E-state index contributed by atoms with van der Waals surface area (Å²) in [6, 6.07) is 14.7. The molecule has 1 N–H and O–H groups in total. The number of aryl methyl sites for hydroxylation is 2. The Bertz CT molecular complexity index is 1200. The third-order valence-electron chi connectivity index (χ3n) is 4.45. The first-order valence-corrected chi connectivity index (χ1v) is 11.2. The second-order valence-electron chi connectivity index (χ2n) is 6.83. The van der Waals surface area contributed by atoms with Crippen molar-refractivity contribution in [2.24, 2.45) is 5.10 Å². The molecule has 1 heterocycles. The van der Waals surface area contributed by atoms with Crippen LogP contribution in [0.3, 0.4) is 0 Å². The fourth-order valence-electron chi connectivity index (χ4n) is 2.68. The van der Waals surface area contributed by atoms with Crippen LogP contribution in [0.2, 0.25) is 5.02 Å². The normalized spacial score (nSPS) is 11.5. The number of pyridine rings is 1. The number of carbonyl (C=O) groups is 1. The van der Waals surface area contributed by atoms with Gasteiger partial charge in [-0.15, -0.1) is 0 Å². The Morgan fingerprint density at radius 3 is 2.42 bits per heavy atom. The van der Waals surface area contributed by atoms with Crippen molar-refractivity contribution < 1.29 is 13.2 Å². The summed E-state index contributed by atoms with van der Waals surface area (Å²) in [6.45, 7) is 3.21. The van der Waals surface area contributed by atoms with Crippen molar-refractivity contribution >= 4 is 39.4 Å². The summed E-state index contributed by atoms with van der Waals surface area (Å²) in [5.41, 5.74) is 5.10. The van der Waals surface area contributed by atoms with Gasteiger partial charge in [-0.1, -0.05) is 35.4 Å². The van der Waals surface area contributed by atoms with E-state index in [9.17, 15) is 13.2 Å². The fraction of sp³-hybridized carbons (Fsp3) is 0.136. The molecule has 0 spiro atoms. The topological polar surface area (TPSA) is 91.7 Å². The molecule has 0 radical (unpaired) electrons. The van der Waals surface area contributed by atoms with Gasteiger partial charge in [-0.25, -0.2) is 13.8 Å². The minimum atomic E-state index is -4.02. The molecule has 1 aromatic heterocycles. The molecular formula is C22H21ClN4O3S. The van der Waals surface area contributed by atoms with E-state index in [4.69, 9.17) is 11.6 Å². The van der Waals surface area contributed by atoms with Gasteiger partial charge in [-0.3, -0.25) is 14.1 Å². The van der Waals surface area contributed by atoms with Crippen molar-refractivity contribution in [1.29, 1.82) is 0 Å². The summed E-state index contributed by atoms with van der Waals surface area (Å²) in [5, 5.41) is 4.29. The smallest absolute Gasteiger partial charge is 0.264 e. The molecule has 2 aromatic carbocycles. The van der Waals surface area contributed by atoms with E-state index in [2.05, 4.69) is 15.5 Å². The van der Waals surface area contributed by atoms with E-state index in [1.165, 1.54) is 24.4 Å². The molecule has 0 aliphatic heterocycles. The van der Waals surface area contributed by atoms with E-state index in [1.807, 2.05) is 13.8 Å². The molecule has 1 amide bonds. The highest BCUT2D eigenvalue weighted by molar-refractivity contribution is 7.92. The predicted molar refractivity (Wildman–Crippen MR) is 122 cm³/mol. The first-order valence-electron chi connectivity index (χ1n) is 9.35. The number of rotatable bonds is 7. The summed E-state index contributed by atoms with van der Waals surface area (Å²) in [6.07, 6.45) is 4.64. The number of halogens is 1. The lowest BCUT2D eigenvalue weighted by atomic mass is 10.2. The van der Waals surface area contributed by atoms with E-state index in [-0.39, 0.29) is 10.6 Å². The van der Waals surface area contributed by atoms with Crippen molar-refractivity contribution in [2.45, 2.75) is 18.7 Å². The lowest BCUT2D eigenvalue weighted by molar-refractivity contribution is -0.119. The van der Waals surface area contributed by atoms with Gasteiger partial charge in [-0.05, 0) is 61.4 Å². The summed E-state index contributed by atoms with van der Waals surface area (Å²) in [4.78, 5) is 16.5. The Labute approximate surface area is 186 Å². The van der Waals surface area contributed by atoms with Crippen LogP contribution in [-0.2, 0) is 14.8 Å². The molecule has 31 heavy (non-hydrogen) atoms. The van der Waals surface area contributed by atoms with Crippen LogP contribution in [-0.4, -0.2) is 32.1 Å². The Morgan fingerprint density at radius 1 is 1.10 bits per heavy atom. The zero-order chi connectivity index (χ0) is 22.4. The van der Waals surface area contributed by atoms with E-state index in [1.54, 1.807) is 48.8 Å². The summed E-state index contributed by atoms with van der Waals surface area (Å²) in [5.74, 6) is -0.599. The molecule has 0 unspecified atom stereocenters. The number of benzene rings is 2. The molecule has 0 saturated heterocycles. The van der Waals surface area contributed by atoms with Crippen molar-refractivity contribution in [2.75, 3.05) is 10.8 Å². The maximum Gasteiger partial charge on any atom is 0.264 e. The van der Waals surface area contributed by atoms with Gasteiger partial charge >= 0.3 is 0 Å². The lowest BCUT2D eigenvalue weighted by Gasteiger charge is -2.24. The Morgan fingerprint density at radius 2 is 1.77 bits per heavy atom. The van der Waals surface area contributed by atoms with Crippen LogP contribution in [0.25, 0.3) is 0 Å². The molecule has 160 valence electrons. The SMILES string of the molecule is Cc1ccc(S(=O)(=O)N(CC(=O)N/N=C\c2ccncc2)c2ccc(C)c(Cl)c2)cc1. The third kappa shape index (κ3) is 5.68. The largest absolute Gasteiger partial charge is 0.271 e. The lowest BCUT2D eigenvalue weighted by Crippen LogP contribution is -2.39. The average molecular weight is 457 g/mol. The number of hydrogen-bond acceptors (Lipinski definition) is 5. The van der Waals surface area contributed by atoms with Crippen molar-refractivity contribution in [1.82, 2.24) is 10.4 Å². The molecule has 0 fully saturated rings. The molecule has 7 nitrogen and oxygen atoms in total. The van der Waals surface area contributed by atoms with Gasteiger partial charge in [0.05, 0.1) is 16.8 Å². The monoisotopic (exact) mass is 456 g/mol. The number of carbonyl (C=O) groups excluding carboxylic acids is 1. The number of amides is 1. The van der Waals surface area contributed by atoms with Crippen LogP contribution in [0.15, 0.2) is 77.0 Å². The van der Waals surface area contributed by atoms with E-state index in [0.717, 1.165) is 21.0 Å². The van der Waals surface area contributed by atoms with Gasteiger partial charge in [0, 0.05) is 17.4 Å². The summed E-state index contributed by atoms with van der Waals surface area (Å²) < 4.78 is 27.7. The average Bonchev–Trinajstić information content (AvgIpc) is 2.75. The molecule has 3 rings (SSSR count). The number of aromatic nitrogens is 1. The molecule has 0 bridgehead atoms. The summed E-state index contributed by atoms with van der Waals surface area (Å²) >= 11 is 6.21. The second-order valence-corrected chi connectivity index (χ2v) is 9.10. The first-order chi connectivity index (χ1) is 14.8. The highest BCUT2D eigenvalue weighted by Gasteiger charge is 2.27. The zero-order valence-corrected chi connectivity index (χ0v) is 18.6. The van der Waals surface area contributed by atoms with E-state index >= 15 is 0 Å². The molecule has 3 aromatic rings. The Hall–Kier alpha value is -3.23. The van der Waals surface area contributed by atoms with Crippen LogP contribution in [0.4, 0.5) is 5.69 Å². The van der Waals surface area contributed by atoms with Gasteiger partial charge in [-0.2, -0.15) is 5.10 Å². The van der Waals surface area contributed by atoms with Crippen LogP contribution < -0.4 is 9.73 Å². The summed E-state index contributed by atoms with van der Waals surface area (Å²) in [7, 11) is -4.02. The van der Waals surface area contributed by atoms with Gasteiger partial charge in [0.15, 0.2) is 0 Å². The highest BCUT2D eigenvalue weighted by atomic mass is 35.5. The quantitative estimate of drug-likeness (QED) is 0.433. The minimum absolute atomic E-state index is 0.0721. The number of nitrogens with zero attached hydrogens (tertiary/aromatic N) is 3. The second kappa shape index (κ2) is 9.72. The molecule has 0 saturated carbocycles. The van der Waals surface area contributed by atoms with Crippen molar-refractivity contribution in [3.8, 4) is 0 Å². The highest BCUT2D eigenvalue weighted by Crippen LogP contribution is 2.28. The van der Waals surface area contributed by atoms with E-state index < -0.39 is 22.5 Å². The first kappa shape index (κ1) is 22.5. The van der Waals surface area contributed by atoms with Gasteiger partial charge in [0.2, 0.25) is 0 Å². The number of sulfonamides is 1. The molecule has 0 aliphatic rings. The number of nitrogens with one attached hydrogen (secondary N) is 1. The van der Waals surface area contributed by atoms with Gasteiger partial charge in [0.25, 0.3) is 15.9 Å².